The van der Waals surface area contributed by atoms with Crippen LogP contribution in [0.3, 0.4) is 0 Å². The summed E-state index contributed by atoms with van der Waals surface area (Å²) >= 11 is 0. The van der Waals surface area contributed by atoms with Crippen molar-refractivity contribution in [2.24, 2.45) is 0 Å². The van der Waals surface area contributed by atoms with Crippen LogP contribution in [0.25, 0.3) is 0 Å². The van der Waals surface area contributed by atoms with Gasteiger partial charge in [-0.2, -0.15) is 0 Å². The normalized spacial score (nSPS) is 12.0. The van der Waals surface area contributed by atoms with E-state index in [2.05, 4.69) is 44.6 Å². The smallest absolute Gasteiger partial charge is 0.0520 e. The van der Waals surface area contributed by atoms with E-state index in [1.54, 1.807) is 0 Å². The van der Waals surface area contributed by atoms with Crippen LogP contribution in [0, 0.1) is 6.42 Å². The molecule has 0 spiro atoms. The third-order valence-electron chi connectivity index (χ3n) is 8.07. The van der Waals surface area contributed by atoms with Crippen molar-refractivity contribution in [3.05, 3.63) is 30.7 Å². The van der Waals surface area contributed by atoms with Gasteiger partial charge in [-0.3, -0.25) is 0 Å². The van der Waals surface area contributed by atoms with E-state index in [0.29, 0.717) is 0 Å². The topological polar surface area (TPSA) is 18.5 Å². The first-order valence-corrected chi connectivity index (χ1v) is 18.7. The second-order valence-corrected chi connectivity index (χ2v) is 12.3. The summed E-state index contributed by atoms with van der Waals surface area (Å²) in [6, 6.07) is 0. The Morgan fingerprint density at radius 3 is 0.902 bits per heavy atom. The molecule has 0 rings (SSSR count). The third-order valence-corrected chi connectivity index (χ3v) is 8.07. The van der Waals surface area contributed by atoms with E-state index in [4.69, 9.17) is 9.47 Å². The lowest BCUT2D eigenvalue weighted by Crippen LogP contribution is -2.04. The Balaban J connectivity index is 3.09. The fraction of sp³-hybridized carbons (Fsp3) is 0.872. The molecule has 0 aromatic carbocycles. The quantitative estimate of drug-likeness (QED) is 0.0546. The second-order valence-electron chi connectivity index (χ2n) is 12.3. The zero-order chi connectivity index (χ0) is 29.6. The van der Waals surface area contributed by atoms with Crippen molar-refractivity contribution in [3.8, 4) is 0 Å². The van der Waals surface area contributed by atoms with E-state index in [-0.39, 0.29) is 0 Å². The van der Waals surface area contributed by atoms with Crippen molar-refractivity contribution < 1.29 is 9.47 Å². The number of ether oxygens (including phenoxy) is 2. The maximum Gasteiger partial charge on any atom is 0.0520 e. The van der Waals surface area contributed by atoms with Crippen LogP contribution in [0.15, 0.2) is 24.3 Å². The summed E-state index contributed by atoms with van der Waals surface area (Å²) in [5, 5.41) is 0. The van der Waals surface area contributed by atoms with Gasteiger partial charge in [0, 0.05) is 19.6 Å². The summed E-state index contributed by atoms with van der Waals surface area (Å²) in [6.07, 6.45) is 49.7. The third kappa shape index (κ3) is 39.4. The van der Waals surface area contributed by atoms with E-state index in [1.807, 2.05) is 0 Å². The highest BCUT2D eigenvalue weighted by molar-refractivity contribution is 4.82. The molecule has 0 aliphatic heterocycles. The van der Waals surface area contributed by atoms with Crippen LogP contribution in [-0.2, 0) is 9.47 Å². The summed E-state index contributed by atoms with van der Waals surface area (Å²) in [5.74, 6) is 0. The van der Waals surface area contributed by atoms with Gasteiger partial charge >= 0.3 is 0 Å². The van der Waals surface area contributed by atoms with E-state index in [9.17, 15) is 0 Å². The zero-order valence-electron chi connectivity index (χ0n) is 28.3. The summed E-state index contributed by atoms with van der Waals surface area (Å²) in [4.78, 5) is 0. The van der Waals surface area contributed by atoms with Crippen molar-refractivity contribution in [1.29, 1.82) is 0 Å². The molecule has 0 unspecified atom stereocenters. The van der Waals surface area contributed by atoms with Gasteiger partial charge in [-0.25, -0.2) is 0 Å². The number of rotatable bonds is 36. The largest absolute Gasteiger partial charge is 0.381 e. The lowest BCUT2D eigenvalue weighted by molar-refractivity contribution is 0.111. The minimum atomic E-state index is 0.735. The Bertz CT molecular complexity index is 454. The van der Waals surface area contributed by atoms with Crippen molar-refractivity contribution in [2.45, 2.75) is 194 Å². The summed E-state index contributed by atoms with van der Waals surface area (Å²) < 4.78 is 11.5. The fourth-order valence-corrected chi connectivity index (χ4v) is 5.28. The average molecular weight is 576 g/mol. The highest BCUT2D eigenvalue weighted by Gasteiger charge is 1.96. The summed E-state index contributed by atoms with van der Waals surface area (Å²) in [6.45, 7) is 7.84. The van der Waals surface area contributed by atoms with Crippen LogP contribution in [-0.4, -0.2) is 26.4 Å². The summed E-state index contributed by atoms with van der Waals surface area (Å²) in [7, 11) is 0. The van der Waals surface area contributed by atoms with E-state index < -0.39 is 0 Å². The molecule has 2 nitrogen and oxygen atoms in total. The molecular weight excluding hydrogens is 500 g/mol. The van der Waals surface area contributed by atoms with Crippen LogP contribution in [0.4, 0.5) is 0 Å². The zero-order valence-corrected chi connectivity index (χ0v) is 28.3. The van der Waals surface area contributed by atoms with Crippen LogP contribution in [0.5, 0.6) is 0 Å². The average Bonchev–Trinajstić information content (AvgIpc) is 2.98. The predicted molar refractivity (Wildman–Crippen MR) is 185 cm³/mol. The molecule has 1 radical (unpaired) electrons. The summed E-state index contributed by atoms with van der Waals surface area (Å²) in [5.41, 5.74) is 0. The minimum Gasteiger partial charge on any atom is -0.381 e. The van der Waals surface area contributed by atoms with Crippen molar-refractivity contribution >= 4 is 0 Å². The lowest BCUT2D eigenvalue weighted by atomic mass is 10.1. The molecular formula is C39H75O2. The molecule has 0 aromatic rings. The molecule has 41 heavy (non-hydrogen) atoms. The Morgan fingerprint density at radius 2 is 0.585 bits per heavy atom. The SMILES string of the molecule is CCCCCCCC/C=C\CCCCCCCCOC[CH]COCCCCCCCC/C=C\CCCCCCCC. The van der Waals surface area contributed by atoms with Crippen LogP contribution < -0.4 is 0 Å². The highest BCUT2D eigenvalue weighted by atomic mass is 16.5. The first-order valence-electron chi connectivity index (χ1n) is 18.7. The monoisotopic (exact) mass is 576 g/mol. The number of allylic oxidation sites excluding steroid dienone is 4. The Labute approximate surface area is 259 Å². The first kappa shape index (κ1) is 40.4. The molecule has 0 amide bonds. The maximum absolute atomic E-state index is 5.74. The minimum absolute atomic E-state index is 0.735. The highest BCUT2D eigenvalue weighted by Crippen LogP contribution is 2.11. The molecule has 0 fully saturated rings. The van der Waals surface area contributed by atoms with Gasteiger partial charge in [0.15, 0.2) is 0 Å². The lowest BCUT2D eigenvalue weighted by Gasteiger charge is -2.06. The van der Waals surface area contributed by atoms with Crippen LogP contribution in [0.1, 0.15) is 194 Å². The van der Waals surface area contributed by atoms with Gasteiger partial charge in [0.05, 0.1) is 13.2 Å². The molecule has 0 aromatic heterocycles. The standard InChI is InChI=1S/C39H75O2/c1-3-5-7-9-11-13-15-17-19-21-23-25-27-29-31-33-36-40-38-35-39-41-37-34-32-30-28-26-24-22-20-18-16-14-12-10-8-6-4-2/h17-20,35H,3-16,21-34,36-39H2,1-2H3/b19-17-,20-18-. The van der Waals surface area contributed by atoms with E-state index >= 15 is 0 Å². The first-order chi connectivity index (χ1) is 20.4. The Morgan fingerprint density at radius 1 is 0.317 bits per heavy atom. The predicted octanol–water partition coefficient (Wildman–Crippen LogP) is 13.3. The van der Waals surface area contributed by atoms with Crippen LogP contribution in [0.2, 0.25) is 0 Å². The number of hydrogen-bond acceptors (Lipinski definition) is 2. The number of hydrogen-bond donors (Lipinski definition) is 0. The molecule has 0 aliphatic rings. The Hall–Kier alpha value is -0.600. The molecule has 0 aliphatic carbocycles. The molecule has 0 atom stereocenters. The van der Waals surface area contributed by atoms with Gasteiger partial charge in [-0.05, 0) is 64.2 Å². The van der Waals surface area contributed by atoms with E-state index in [0.717, 1.165) is 26.4 Å². The number of unbranched alkanes of at least 4 members (excludes halogenated alkanes) is 24. The fourth-order valence-electron chi connectivity index (χ4n) is 5.28. The van der Waals surface area contributed by atoms with Gasteiger partial charge in [-0.15, -0.1) is 0 Å². The molecule has 2 heteroatoms. The molecule has 0 saturated heterocycles. The molecule has 243 valence electrons. The van der Waals surface area contributed by atoms with Crippen LogP contribution >= 0.6 is 0 Å². The van der Waals surface area contributed by atoms with Crippen molar-refractivity contribution in [1.82, 2.24) is 0 Å². The van der Waals surface area contributed by atoms with Gasteiger partial charge in [0.1, 0.15) is 0 Å². The van der Waals surface area contributed by atoms with Gasteiger partial charge in [0.2, 0.25) is 0 Å². The van der Waals surface area contributed by atoms with Crippen molar-refractivity contribution in [2.75, 3.05) is 26.4 Å². The molecule has 0 heterocycles. The van der Waals surface area contributed by atoms with Gasteiger partial charge in [-0.1, -0.05) is 154 Å². The molecule has 0 bridgehead atoms. The second kappa shape index (κ2) is 39.4. The maximum atomic E-state index is 5.74. The Kier molecular flexibility index (Phi) is 38.8. The van der Waals surface area contributed by atoms with Crippen molar-refractivity contribution in [3.63, 3.8) is 0 Å². The van der Waals surface area contributed by atoms with E-state index in [1.165, 1.54) is 180 Å². The van der Waals surface area contributed by atoms with Gasteiger partial charge < -0.3 is 9.47 Å². The molecule has 0 N–H and O–H groups in total. The van der Waals surface area contributed by atoms with Gasteiger partial charge in [0.25, 0.3) is 0 Å². The molecule has 0 saturated carbocycles.